The summed E-state index contributed by atoms with van der Waals surface area (Å²) in [5.74, 6) is 0.561. The second kappa shape index (κ2) is 5.44. The quantitative estimate of drug-likeness (QED) is 0.831. The van der Waals surface area contributed by atoms with E-state index in [1.807, 2.05) is 0 Å². The van der Waals surface area contributed by atoms with Gasteiger partial charge in [-0.3, -0.25) is 4.79 Å². The fourth-order valence-electron chi connectivity index (χ4n) is 1.92. The normalized spacial score (nSPS) is 19.2. The Morgan fingerprint density at radius 1 is 1.39 bits per heavy atom. The van der Waals surface area contributed by atoms with Crippen LogP contribution in [0.4, 0.5) is 5.13 Å². The molecule has 98 valence electrons. The second-order valence-corrected chi connectivity index (χ2v) is 6.85. The summed E-state index contributed by atoms with van der Waals surface area (Å²) in [6, 6.07) is 0.438. The number of nitrogens with zero attached hydrogens (tertiary/aromatic N) is 3. The van der Waals surface area contributed by atoms with Crippen molar-refractivity contribution in [2.24, 2.45) is 0 Å². The fraction of sp³-hybridized carbons (Fsp3) is 0.727. The van der Waals surface area contributed by atoms with Crippen LogP contribution < -0.4 is 10.2 Å². The summed E-state index contributed by atoms with van der Waals surface area (Å²) < 4.78 is 0.892. The third-order valence-corrected chi connectivity index (χ3v) is 5.16. The molecule has 0 unspecified atom stereocenters. The lowest BCUT2D eigenvalue weighted by Gasteiger charge is -2.10. The van der Waals surface area contributed by atoms with Crippen molar-refractivity contribution in [1.82, 2.24) is 15.5 Å². The topological polar surface area (TPSA) is 58.1 Å². The number of amides is 1. The van der Waals surface area contributed by atoms with Crippen LogP contribution in [0.3, 0.4) is 0 Å². The fourth-order valence-corrected chi connectivity index (χ4v) is 3.63. The van der Waals surface area contributed by atoms with Gasteiger partial charge in [-0.05, 0) is 25.7 Å². The van der Waals surface area contributed by atoms with Gasteiger partial charge in [0.05, 0.1) is 5.75 Å². The summed E-state index contributed by atoms with van der Waals surface area (Å²) in [7, 11) is 0. The van der Waals surface area contributed by atoms with Crippen LogP contribution in [0.25, 0.3) is 0 Å². The van der Waals surface area contributed by atoms with Gasteiger partial charge in [-0.2, -0.15) is 0 Å². The first kappa shape index (κ1) is 12.2. The molecular formula is C11H16N4OS2. The highest BCUT2D eigenvalue weighted by atomic mass is 32.2. The molecule has 1 aliphatic heterocycles. The summed E-state index contributed by atoms with van der Waals surface area (Å²) in [5, 5.41) is 12.3. The van der Waals surface area contributed by atoms with Crippen molar-refractivity contribution in [2.45, 2.75) is 36.1 Å². The first-order valence-corrected chi connectivity index (χ1v) is 8.12. The number of carbonyl (C=O) groups excluding carboxylic acids is 1. The Hall–Kier alpha value is -0.820. The van der Waals surface area contributed by atoms with Crippen LogP contribution in [-0.2, 0) is 4.79 Å². The van der Waals surface area contributed by atoms with Crippen LogP contribution in [-0.4, -0.2) is 41.0 Å². The zero-order valence-corrected chi connectivity index (χ0v) is 11.7. The van der Waals surface area contributed by atoms with E-state index in [1.165, 1.54) is 24.6 Å². The monoisotopic (exact) mass is 284 g/mol. The van der Waals surface area contributed by atoms with E-state index < -0.39 is 0 Å². The summed E-state index contributed by atoms with van der Waals surface area (Å²) in [6.45, 7) is 2.17. The van der Waals surface area contributed by atoms with Crippen molar-refractivity contribution < 1.29 is 4.79 Å². The summed E-state index contributed by atoms with van der Waals surface area (Å²) in [6.07, 6.45) is 4.75. The number of carbonyl (C=O) groups is 1. The van der Waals surface area contributed by atoms with E-state index in [0.29, 0.717) is 11.8 Å². The van der Waals surface area contributed by atoms with E-state index >= 15 is 0 Å². The molecule has 1 aromatic heterocycles. The number of thioether (sulfide) groups is 1. The smallest absolute Gasteiger partial charge is 0.230 e. The lowest BCUT2D eigenvalue weighted by atomic mass is 10.4. The zero-order chi connectivity index (χ0) is 12.4. The van der Waals surface area contributed by atoms with Crippen molar-refractivity contribution in [3.63, 3.8) is 0 Å². The molecule has 3 rings (SSSR count). The highest BCUT2D eigenvalue weighted by Gasteiger charge is 2.23. The number of hydrogen-bond donors (Lipinski definition) is 1. The Balaban J connectivity index is 1.48. The third kappa shape index (κ3) is 3.14. The summed E-state index contributed by atoms with van der Waals surface area (Å²) >= 11 is 3.08. The molecule has 0 spiro atoms. The molecular weight excluding hydrogens is 268 g/mol. The minimum Gasteiger partial charge on any atom is -0.353 e. The van der Waals surface area contributed by atoms with E-state index in [4.69, 9.17) is 0 Å². The molecule has 18 heavy (non-hydrogen) atoms. The molecule has 7 heteroatoms. The number of nitrogens with one attached hydrogen (secondary N) is 1. The van der Waals surface area contributed by atoms with E-state index in [9.17, 15) is 4.79 Å². The Labute approximate surface area is 114 Å². The molecule has 1 N–H and O–H groups in total. The van der Waals surface area contributed by atoms with Gasteiger partial charge in [-0.25, -0.2) is 0 Å². The molecule has 0 aromatic carbocycles. The molecule has 1 amide bonds. The van der Waals surface area contributed by atoms with Gasteiger partial charge in [0, 0.05) is 19.1 Å². The molecule has 2 aliphatic rings. The molecule has 1 aliphatic carbocycles. The Bertz CT molecular complexity index is 426. The minimum absolute atomic E-state index is 0.112. The molecule has 0 bridgehead atoms. The summed E-state index contributed by atoms with van der Waals surface area (Å²) in [5.41, 5.74) is 0. The van der Waals surface area contributed by atoms with E-state index in [0.717, 1.165) is 35.4 Å². The molecule has 2 heterocycles. The maximum absolute atomic E-state index is 11.5. The van der Waals surface area contributed by atoms with Gasteiger partial charge in [0.25, 0.3) is 0 Å². The number of hydrogen-bond acceptors (Lipinski definition) is 6. The van der Waals surface area contributed by atoms with Crippen LogP contribution in [0.1, 0.15) is 25.7 Å². The largest absolute Gasteiger partial charge is 0.353 e. The molecule has 1 saturated heterocycles. The maximum Gasteiger partial charge on any atom is 0.230 e. The van der Waals surface area contributed by atoms with Crippen molar-refractivity contribution in [1.29, 1.82) is 0 Å². The van der Waals surface area contributed by atoms with Crippen molar-refractivity contribution in [2.75, 3.05) is 23.7 Å². The standard InChI is InChI=1S/C11H16N4OS2/c16-9(12-8-3-4-8)7-17-11-14-13-10(18-11)15-5-1-2-6-15/h8H,1-7H2,(H,12,16). The van der Waals surface area contributed by atoms with Crippen LogP contribution in [0, 0.1) is 0 Å². The van der Waals surface area contributed by atoms with Gasteiger partial charge in [0.2, 0.25) is 11.0 Å². The van der Waals surface area contributed by atoms with Crippen LogP contribution in [0.5, 0.6) is 0 Å². The highest BCUT2D eigenvalue weighted by molar-refractivity contribution is 8.01. The number of anilines is 1. The Morgan fingerprint density at radius 2 is 2.17 bits per heavy atom. The van der Waals surface area contributed by atoms with Gasteiger partial charge in [-0.1, -0.05) is 23.1 Å². The molecule has 1 aromatic rings. The molecule has 0 atom stereocenters. The molecule has 5 nitrogen and oxygen atoms in total. The lowest BCUT2D eigenvalue weighted by molar-refractivity contribution is -0.118. The SMILES string of the molecule is O=C(CSc1nnc(N2CCCC2)s1)NC1CC1. The van der Waals surface area contributed by atoms with Gasteiger partial charge < -0.3 is 10.2 Å². The molecule has 1 saturated carbocycles. The maximum atomic E-state index is 11.5. The van der Waals surface area contributed by atoms with Gasteiger partial charge in [0.1, 0.15) is 0 Å². The van der Waals surface area contributed by atoms with Crippen LogP contribution in [0.15, 0.2) is 4.34 Å². The number of aromatic nitrogens is 2. The molecule has 2 fully saturated rings. The van der Waals surface area contributed by atoms with Crippen LogP contribution in [0.2, 0.25) is 0 Å². The molecule has 0 radical (unpaired) electrons. The minimum atomic E-state index is 0.112. The predicted molar refractivity (Wildman–Crippen MR) is 73.2 cm³/mol. The first-order valence-electron chi connectivity index (χ1n) is 6.32. The van der Waals surface area contributed by atoms with Crippen molar-refractivity contribution >= 4 is 34.1 Å². The zero-order valence-electron chi connectivity index (χ0n) is 10.1. The number of rotatable bonds is 5. The van der Waals surface area contributed by atoms with Crippen molar-refractivity contribution in [3.05, 3.63) is 0 Å². The van der Waals surface area contributed by atoms with Crippen molar-refractivity contribution in [3.8, 4) is 0 Å². The van der Waals surface area contributed by atoms with E-state index in [2.05, 4.69) is 20.4 Å². The Morgan fingerprint density at radius 3 is 2.89 bits per heavy atom. The highest BCUT2D eigenvalue weighted by Crippen LogP contribution is 2.29. The average Bonchev–Trinajstić information content (AvgIpc) is 2.87. The first-order chi connectivity index (χ1) is 8.81. The third-order valence-electron chi connectivity index (χ3n) is 3.04. The van der Waals surface area contributed by atoms with Gasteiger partial charge >= 0.3 is 0 Å². The van der Waals surface area contributed by atoms with Gasteiger partial charge in [0.15, 0.2) is 4.34 Å². The van der Waals surface area contributed by atoms with Crippen LogP contribution >= 0.6 is 23.1 Å². The van der Waals surface area contributed by atoms with E-state index in [-0.39, 0.29) is 5.91 Å². The average molecular weight is 284 g/mol. The Kier molecular flexibility index (Phi) is 3.69. The summed E-state index contributed by atoms with van der Waals surface area (Å²) in [4.78, 5) is 13.8. The van der Waals surface area contributed by atoms with E-state index in [1.54, 1.807) is 11.3 Å². The second-order valence-electron chi connectivity index (χ2n) is 4.68. The lowest BCUT2D eigenvalue weighted by Crippen LogP contribution is -2.26. The predicted octanol–water partition coefficient (Wildman–Crippen LogP) is 1.51. The van der Waals surface area contributed by atoms with Gasteiger partial charge in [-0.15, -0.1) is 10.2 Å².